The van der Waals surface area contributed by atoms with E-state index in [0.29, 0.717) is 17.9 Å². The minimum Gasteiger partial charge on any atom is -0.458 e. The van der Waals surface area contributed by atoms with Crippen molar-refractivity contribution in [1.82, 2.24) is 5.32 Å². The standard InChI is InChI=1S/C26H45NO3/c1-4-6-7-8-9-18-26(29)30-25-19-23-21(14-10-11-16-22(28)13-5-2)15-12-17-24(23)27-20(25)3/h7-9,18,20-25,27-28H,4-6,10-17,19H2,1-3H3/b8-7+,18-9+/t20-,21-,22+,23-,24-,25+/m0/s1. The molecular weight excluding hydrogens is 374 g/mol. The molecule has 30 heavy (non-hydrogen) atoms. The summed E-state index contributed by atoms with van der Waals surface area (Å²) in [7, 11) is 0. The predicted octanol–water partition coefficient (Wildman–Crippen LogP) is 5.70. The zero-order valence-corrected chi connectivity index (χ0v) is 19.5. The molecule has 0 aromatic rings. The van der Waals surface area contributed by atoms with E-state index in [4.69, 9.17) is 4.74 Å². The zero-order valence-electron chi connectivity index (χ0n) is 19.5. The quantitative estimate of drug-likeness (QED) is 0.184. The SMILES string of the molecule is CCC/C=C/C=C/C(=O)O[C@@H]1C[C@H]2[C@@H](CCCC[C@H](O)CCC)CCC[C@@H]2N[C@H]1C. The normalized spacial score (nSPS) is 30.5. The van der Waals surface area contributed by atoms with E-state index in [-0.39, 0.29) is 24.2 Å². The largest absolute Gasteiger partial charge is 0.458 e. The molecule has 4 heteroatoms. The maximum Gasteiger partial charge on any atom is 0.331 e. The Morgan fingerprint density at radius 3 is 2.77 bits per heavy atom. The van der Waals surface area contributed by atoms with Crippen LogP contribution in [0.1, 0.15) is 97.8 Å². The summed E-state index contributed by atoms with van der Waals surface area (Å²) in [6.07, 6.45) is 20.6. The number of carbonyl (C=O) groups excluding carboxylic acids is 1. The fourth-order valence-corrected chi connectivity index (χ4v) is 5.27. The van der Waals surface area contributed by atoms with Gasteiger partial charge >= 0.3 is 5.97 Å². The molecule has 1 saturated heterocycles. The summed E-state index contributed by atoms with van der Waals surface area (Å²) >= 11 is 0. The summed E-state index contributed by atoms with van der Waals surface area (Å²) in [6, 6.07) is 0.772. The number of esters is 1. The molecular formula is C26H45NO3. The van der Waals surface area contributed by atoms with E-state index >= 15 is 0 Å². The Bertz CT molecular complexity index is 544. The predicted molar refractivity (Wildman–Crippen MR) is 124 cm³/mol. The van der Waals surface area contributed by atoms with Gasteiger partial charge in [-0.3, -0.25) is 0 Å². The summed E-state index contributed by atoms with van der Waals surface area (Å²) in [5, 5.41) is 13.7. The highest BCUT2D eigenvalue weighted by atomic mass is 16.5. The smallest absolute Gasteiger partial charge is 0.331 e. The van der Waals surface area contributed by atoms with Crippen LogP contribution in [0.2, 0.25) is 0 Å². The molecule has 1 aliphatic carbocycles. The topological polar surface area (TPSA) is 58.6 Å². The van der Waals surface area contributed by atoms with Crippen molar-refractivity contribution in [3.8, 4) is 0 Å². The van der Waals surface area contributed by atoms with Gasteiger partial charge < -0.3 is 15.2 Å². The third-order valence-electron chi connectivity index (χ3n) is 6.94. The van der Waals surface area contributed by atoms with E-state index in [1.807, 2.05) is 6.08 Å². The molecule has 0 radical (unpaired) electrons. The van der Waals surface area contributed by atoms with Crippen molar-refractivity contribution >= 4 is 5.97 Å². The highest BCUT2D eigenvalue weighted by Gasteiger charge is 2.41. The van der Waals surface area contributed by atoms with Crippen molar-refractivity contribution in [2.24, 2.45) is 11.8 Å². The van der Waals surface area contributed by atoms with Crippen LogP contribution in [0.3, 0.4) is 0 Å². The number of nitrogens with one attached hydrogen (secondary N) is 1. The van der Waals surface area contributed by atoms with Crippen LogP contribution in [-0.2, 0) is 9.53 Å². The van der Waals surface area contributed by atoms with Crippen LogP contribution in [-0.4, -0.2) is 35.4 Å². The minimum absolute atomic E-state index is 0.0463. The molecule has 2 N–H and O–H groups in total. The fourth-order valence-electron chi connectivity index (χ4n) is 5.27. The van der Waals surface area contributed by atoms with Crippen LogP contribution >= 0.6 is 0 Å². The summed E-state index contributed by atoms with van der Waals surface area (Å²) in [5.74, 6) is 1.08. The van der Waals surface area contributed by atoms with Crippen LogP contribution in [0.4, 0.5) is 0 Å². The number of hydrogen-bond donors (Lipinski definition) is 2. The van der Waals surface area contributed by atoms with Crippen molar-refractivity contribution in [2.45, 2.75) is 122 Å². The van der Waals surface area contributed by atoms with Crippen LogP contribution in [0.25, 0.3) is 0 Å². The Hall–Kier alpha value is -1.13. The number of rotatable bonds is 12. The molecule has 0 aromatic heterocycles. The molecule has 2 fully saturated rings. The van der Waals surface area contributed by atoms with Gasteiger partial charge in [-0.15, -0.1) is 0 Å². The average Bonchev–Trinajstić information content (AvgIpc) is 2.72. The summed E-state index contributed by atoms with van der Waals surface area (Å²) in [5.41, 5.74) is 0. The number of ether oxygens (including phenoxy) is 1. The van der Waals surface area contributed by atoms with Crippen LogP contribution < -0.4 is 5.32 Å². The van der Waals surface area contributed by atoms with Crippen molar-refractivity contribution in [2.75, 3.05) is 0 Å². The molecule has 0 aromatic carbocycles. The lowest BCUT2D eigenvalue weighted by Crippen LogP contribution is -2.57. The molecule has 4 nitrogen and oxygen atoms in total. The molecule has 1 aliphatic heterocycles. The molecule has 172 valence electrons. The first-order chi connectivity index (χ1) is 14.5. The molecule has 0 bridgehead atoms. The lowest BCUT2D eigenvalue weighted by molar-refractivity contribution is -0.148. The van der Waals surface area contributed by atoms with E-state index < -0.39 is 0 Å². The first kappa shape index (κ1) is 25.1. The molecule has 1 heterocycles. The van der Waals surface area contributed by atoms with E-state index in [0.717, 1.165) is 44.9 Å². The lowest BCUT2D eigenvalue weighted by Gasteiger charge is -2.47. The molecule has 2 aliphatic rings. The molecule has 0 unspecified atom stereocenters. The minimum atomic E-state index is -0.231. The zero-order chi connectivity index (χ0) is 21.8. The highest BCUT2D eigenvalue weighted by Crippen LogP contribution is 2.40. The Morgan fingerprint density at radius 1 is 1.17 bits per heavy atom. The monoisotopic (exact) mass is 419 g/mol. The number of carbonyl (C=O) groups is 1. The fraction of sp³-hybridized carbons (Fsp3) is 0.808. The second-order valence-electron chi connectivity index (χ2n) is 9.43. The van der Waals surface area contributed by atoms with Crippen molar-refractivity contribution < 1.29 is 14.6 Å². The van der Waals surface area contributed by atoms with Gasteiger partial charge in [0.15, 0.2) is 0 Å². The summed E-state index contributed by atoms with van der Waals surface area (Å²) < 4.78 is 5.84. The second kappa shape index (κ2) is 14.0. The number of unbranched alkanes of at least 4 members (excludes halogenated alkanes) is 2. The van der Waals surface area contributed by atoms with E-state index in [1.165, 1.54) is 32.1 Å². The maximum absolute atomic E-state index is 12.3. The number of allylic oxidation sites excluding steroid dienone is 3. The van der Waals surface area contributed by atoms with E-state index in [9.17, 15) is 9.90 Å². The summed E-state index contributed by atoms with van der Waals surface area (Å²) in [6.45, 7) is 6.42. The van der Waals surface area contributed by atoms with Crippen LogP contribution in [0.5, 0.6) is 0 Å². The third-order valence-corrected chi connectivity index (χ3v) is 6.94. The van der Waals surface area contributed by atoms with Gasteiger partial charge in [-0.1, -0.05) is 77.0 Å². The first-order valence-corrected chi connectivity index (χ1v) is 12.5. The van der Waals surface area contributed by atoms with Gasteiger partial charge in [0.25, 0.3) is 0 Å². The van der Waals surface area contributed by atoms with Gasteiger partial charge in [-0.2, -0.15) is 0 Å². The molecule has 1 saturated carbocycles. The molecule has 0 amide bonds. The van der Waals surface area contributed by atoms with Gasteiger partial charge in [-0.05, 0) is 50.9 Å². The number of fused-ring (bicyclic) bond motifs is 1. The number of hydrogen-bond acceptors (Lipinski definition) is 4. The summed E-state index contributed by atoms with van der Waals surface area (Å²) in [4.78, 5) is 12.3. The lowest BCUT2D eigenvalue weighted by atomic mass is 9.68. The van der Waals surface area contributed by atoms with Crippen molar-refractivity contribution in [3.63, 3.8) is 0 Å². The molecule has 2 rings (SSSR count). The maximum atomic E-state index is 12.3. The van der Waals surface area contributed by atoms with Gasteiger partial charge in [0.1, 0.15) is 6.10 Å². The van der Waals surface area contributed by atoms with Crippen LogP contribution in [0.15, 0.2) is 24.3 Å². The van der Waals surface area contributed by atoms with Gasteiger partial charge in [-0.25, -0.2) is 4.79 Å². The third kappa shape index (κ3) is 8.55. The second-order valence-corrected chi connectivity index (χ2v) is 9.43. The number of aliphatic hydroxyl groups is 1. The van der Waals surface area contributed by atoms with Gasteiger partial charge in [0.05, 0.1) is 6.10 Å². The van der Waals surface area contributed by atoms with Crippen molar-refractivity contribution in [3.05, 3.63) is 24.3 Å². The molecule has 0 spiro atoms. The first-order valence-electron chi connectivity index (χ1n) is 12.5. The molecule has 6 atom stereocenters. The van der Waals surface area contributed by atoms with E-state index in [1.54, 1.807) is 12.2 Å². The Morgan fingerprint density at radius 2 is 2.00 bits per heavy atom. The highest BCUT2D eigenvalue weighted by molar-refractivity contribution is 5.82. The number of piperidine rings is 1. The van der Waals surface area contributed by atoms with Crippen molar-refractivity contribution in [1.29, 1.82) is 0 Å². The average molecular weight is 420 g/mol. The Labute approximate surface area is 184 Å². The Balaban J connectivity index is 1.82. The number of aliphatic hydroxyl groups excluding tert-OH is 1. The van der Waals surface area contributed by atoms with Crippen LogP contribution in [0, 0.1) is 11.8 Å². The van der Waals surface area contributed by atoms with Gasteiger partial charge in [0.2, 0.25) is 0 Å². The van der Waals surface area contributed by atoms with Gasteiger partial charge in [0, 0.05) is 18.2 Å². The Kier molecular flexibility index (Phi) is 11.8. The van der Waals surface area contributed by atoms with E-state index in [2.05, 4.69) is 32.2 Å².